The number of hydrogen-bond acceptors (Lipinski definition) is 3. The van der Waals surface area contributed by atoms with E-state index in [1.54, 1.807) is 12.4 Å². The second-order valence-electron chi connectivity index (χ2n) is 6.60. The van der Waals surface area contributed by atoms with Gasteiger partial charge in [-0.15, -0.1) is 0 Å². The summed E-state index contributed by atoms with van der Waals surface area (Å²) < 4.78 is 0. The Hall–Kier alpha value is -3.47. The van der Waals surface area contributed by atoms with Crippen LogP contribution >= 0.6 is 0 Å². The summed E-state index contributed by atoms with van der Waals surface area (Å²) in [7, 11) is 0. The van der Waals surface area contributed by atoms with Gasteiger partial charge in [0.1, 0.15) is 6.04 Å². The first-order chi connectivity index (χ1) is 13.2. The van der Waals surface area contributed by atoms with Gasteiger partial charge in [0, 0.05) is 25.0 Å². The minimum atomic E-state index is -0.699. The SMILES string of the molecule is O=C1C=C(C2=CC3=CC=CC=C(C=C2)C3)C(C(=O)NCc2cccnc2)N1. The lowest BCUT2D eigenvalue weighted by Crippen LogP contribution is -2.43. The van der Waals surface area contributed by atoms with Crippen LogP contribution in [-0.2, 0) is 16.1 Å². The van der Waals surface area contributed by atoms with E-state index in [0.717, 1.165) is 23.1 Å². The third-order valence-corrected chi connectivity index (χ3v) is 4.63. The van der Waals surface area contributed by atoms with Gasteiger partial charge in [-0.3, -0.25) is 14.6 Å². The van der Waals surface area contributed by atoms with E-state index in [1.807, 2.05) is 42.5 Å². The van der Waals surface area contributed by atoms with Crippen LogP contribution < -0.4 is 10.6 Å². The summed E-state index contributed by atoms with van der Waals surface area (Å²) in [5, 5.41) is 5.63. The van der Waals surface area contributed by atoms with E-state index in [0.29, 0.717) is 12.1 Å². The van der Waals surface area contributed by atoms with Crippen molar-refractivity contribution in [2.45, 2.75) is 19.0 Å². The molecule has 2 aliphatic carbocycles. The summed E-state index contributed by atoms with van der Waals surface area (Å²) in [5.41, 5.74) is 4.81. The fourth-order valence-electron chi connectivity index (χ4n) is 3.29. The van der Waals surface area contributed by atoms with Crippen LogP contribution in [0.4, 0.5) is 0 Å². The van der Waals surface area contributed by atoms with Gasteiger partial charge in [-0.1, -0.05) is 48.6 Å². The van der Waals surface area contributed by atoms with Gasteiger partial charge in [-0.2, -0.15) is 0 Å². The highest BCUT2D eigenvalue weighted by molar-refractivity contribution is 6.01. The van der Waals surface area contributed by atoms with Crippen LogP contribution in [-0.4, -0.2) is 22.8 Å². The van der Waals surface area contributed by atoms with Crippen LogP contribution in [0, 0.1) is 0 Å². The largest absolute Gasteiger partial charge is 0.350 e. The standard InChI is InChI=1S/C22H19N3O2/c26-20-12-19(18-8-7-15-4-1-2-5-16(10-15)11-18)21(25-20)22(27)24-14-17-6-3-9-23-13-17/h1-9,11-13,21H,10,14H2,(H,24,27)(H,25,26). The topological polar surface area (TPSA) is 71.1 Å². The Bertz CT molecular complexity index is 963. The number of rotatable bonds is 4. The molecule has 3 aliphatic rings. The van der Waals surface area contributed by atoms with Crippen LogP contribution in [0.2, 0.25) is 0 Å². The Kier molecular flexibility index (Phi) is 4.66. The monoisotopic (exact) mass is 357 g/mol. The van der Waals surface area contributed by atoms with Crippen molar-refractivity contribution in [1.82, 2.24) is 15.6 Å². The van der Waals surface area contributed by atoms with Crippen molar-refractivity contribution >= 4 is 11.8 Å². The predicted molar refractivity (Wildman–Crippen MR) is 103 cm³/mol. The molecule has 1 unspecified atom stereocenters. The molecule has 1 atom stereocenters. The lowest BCUT2D eigenvalue weighted by Gasteiger charge is -2.16. The second kappa shape index (κ2) is 7.41. The van der Waals surface area contributed by atoms with Crippen molar-refractivity contribution in [3.63, 3.8) is 0 Å². The van der Waals surface area contributed by atoms with Crippen molar-refractivity contribution in [3.05, 3.63) is 101 Å². The Morgan fingerprint density at radius 2 is 2.04 bits per heavy atom. The number of pyridine rings is 1. The quantitative estimate of drug-likeness (QED) is 0.869. The molecule has 1 aromatic heterocycles. The number of allylic oxidation sites excluding steroid dienone is 9. The summed E-state index contributed by atoms with van der Waals surface area (Å²) >= 11 is 0. The molecule has 0 saturated carbocycles. The number of nitrogens with zero attached hydrogens (tertiary/aromatic N) is 1. The fraction of sp³-hybridized carbons (Fsp3) is 0.136. The molecule has 134 valence electrons. The molecule has 1 aliphatic heterocycles. The predicted octanol–water partition coefficient (Wildman–Crippen LogP) is 2.43. The molecule has 2 N–H and O–H groups in total. The van der Waals surface area contributed by atoms with E-state index in [1.165, 1.54) is 11.6 Å². The zero-order chi connectivity index (χ0) is 18.6. The molecule has 4 rings (SSSR count). The first-order valence-electron chi connectivity index (χ1n) is 8.84. The third-order valence-electron chi connectivity index (χ3n) is 4.63. The Labute approximate surface area is 157 Å². The van der Waals surface area contributed by atoms with Crippen molar-refractivity contribution in [2.75, 3.05) is 0 Å². The lowest BCUT2D eigenvalue weighted by atomic mass is 9.97. The number of fused-ring (bicyclic) bond motifs is 2. The minimum absolute atomic E-state index is 0.234. The lowest BCUT2D eigenvalue weighted by molar-refractivity contribution is -0.125. The average Bonchev–Trinajstić information content (AvgIpc) is 2.85. The molecular weight excluding hydrogens is 338 g/mol. The van der Waals surface area contributed by atoms with E-state index in [9.17, 15) is 9.59 Å². The minimum Gasteiger partial charge on any atom is -0.350 e. The number of carbonyl (C=O) groups is 2. The zero-order valence-corrected chi connectivity index (χ0v) is 14.7. The molecule has 2 heterocycles. The molecular formula is C22H19N3O2. The summed E-state index contributed by atoms with van der Waals surface area (Å²) in [6.07, 6.45) is 19.9. The van der Waals surface area contributed by atoms with Gasteiger partial charge < -0.3 is 10.6 Å². The smallest absolute Gasteiger partial charge is 0.247 e. The summed E-state index contributed by atoms with van der Waals surface area (Å²) in [6, 6.07) is 3.02. The van der Waals surface area contributed by atoms with Gasteiger partial charge in [0.2, 0.25) is 11.8 Å². The Balaban J connectivity index is 1.55. The van der Waals surface area contributed by atoms with E-state index < -0.39 is 6.04 Å². The summed E-state index contributed by atoms with van der Waals surface area (Å²) in [4.78, 5) is 28.7. The first kappa shape index (κ1) is 17.0. The molecule has 1 aromatic rings. The van der Waals surface area contributed by atoms with Gasteiger partial charge in [0.25, 0.3) is 0 Å². The van der Waals surface area contributed by atoms with Crippen molar-refractivity contribution in [1.29, 1.82) is 0 Å². The van der Waals surface area contributed by atoms with Crippen molar-refractivity contribution < 1.29 is 9.59 Å². The maximum Gasteiger partial charge on any atom is 0.247 e. The molecule has 0 fully saturated rings. The first-order valence-corrected chi connectivity index (χ1v) is 8.84. The van der Waals surface area contributed by atoms with Gasteiger partial charge in [-0.25, -0.2) is 0 Å². The molecule has 5 nitrogen and oxygen atoms in total. The molecule has 0 radical (unpaired) electrons. The highest BCUT2D eigenvalue weighted by atomic mass is 16.2. The number of amides is 2. The van der Waals surface area contributed by atoms with Crippen LogP contribution in [0.15, 0.2) is 95.4 Å². The van der Waals surface area contributed by atoms with Crippen LogP contribution in [0.3, 0.4) is 0 Å². The van der Waals surface area contributed by atoms with Crippen LogP contribution in [0.25, 0.3) is 0 Å². The number of aromatic nitrogens is 1. The Morgan fingerprint density at radius 1 is 1.19 bits per heavy atom. The maximum absolute atomic E-state index is 12.7. The molecule has 0 saturated heterocycles. The fourth-order valence-corrected chi connectivity index (χ4v) is 3.29. The summed E-state index contributed by atoms with van der Waals surface area (Å²) in [6.45, 7) is 0.365. The number of hydrogen-bond donors (Lipinski definition) is 2. The van der Waals surface area contributed by atoms with Gasteiger partial charge in [0.05, 0.1) is 0 Å². The van der Waals surface area contributed by atoms with E-state index in [2.05, 4.69) is 27.8 Å². The molecule has 27 heavy (non-hydrogen) atoms. The van der Waals surface area contributed by atoms with E-state index >= 15 is 0 Å². The van der Waals surface area contributed by atoms with Crippen LogP contribution in [0.1, 0.15) is 12.0 Å². The Morgan fingerprint density at radius 3 is 2.85 bits per heavy atom. The van der Waals surface area contributed by atoms with E-state index in [-0.39, 0.29) is 11.8 Å². The second-order valence-corrected chi connectivity index (χ2v) is 6.60. The highest BCUT2D eigenvalue weighted by Gasteiger charge is 2.31. The molecule has 5 heteroatoms. The van der Waals surface area contributed by atoms with Crippen molar-refractivity contribution in [3.8, 4) is 0 Å². The molecule has 0 spiro atoms. The summed E-state index contributed by atoms with van der Waals surface area (Å²) in [5.74, 6) is -0.485. The van der Waals surface area contributed by atoms with Crippen LogP contribution in [0.5, 0.6) is 0 Å². The van der Waals surface area contributed by atoms with Crippen molar-refractivity contribution in [2.24, 2.45) is 0 Å². The normalized spacial score (nSPS) is 20.6. The zero-order valence-electron chi connectivity index (χ0n) is 14.7. The maximum atomic E-state index is 12.7. The molecule has 2 amide bonds. The highest BCUT2D eigenvalue weighted by Crippen LogP contribution is 2.29. The van der Waals surface area contributed by atoms with Gasteiger partial charge >= 0.3 is 0 Å². The van der Waals surface area contributed by atoms with Gasteiger partial charge in [-0.05, 0) is 40.3 Å². The molecule has 0 aromatic carbocycles. The average molecular weight is 357 g/mol. The number of nitrogens with one attached hydrogen (secondary N) is 2. The molecule has 2 bridgehead atoms. The number of carbonyl (C=O) groups excluding carboxylic acids is 2. The van der Waals surface area contributed by atoms with E-state index in [4.69, 9.17) is 0 Å². The third kappa shape index (κ3) is 3.87. The van der Waals surface area contributed by atoms with Gasteiger partial charge in [0.15, 0.2) is 0 Å².